The molecule has 1 amide bonds. The lowest BCUT2D eigenvalue weighted by Gasteiger charge is -2.46. The second-order valence-corrected chi connectivity index (χ2v) is 4.77. The number of likely N-dealkylation sites (tertiary alicyclic amines) is 1. The Labute approximate surface area is 85.6 Å². The van der Waals surface area contributed by atoms with E-state index in [2.05, 4.69) is 5.32 Å². The van der Waals surface area contributed by atoms with Crippen molar-refractivity contribution in [3.8, 4) is 0 Å². The van der Waals surface area contributed by atoms with Gasteiger partial charge in [0.1, 0.15) is 5.60 Å². The predicted molar refractivity (Wildman–Crippen MR) is 55.2 cm³/mol. The molecule has 1 aliphatic heterocycles. The van der Waals surface area contributed by atoms with Gasteiger partial charge >= 0.3 is 6.09 Å². The van der Waals surface area contributed by atoms with E-state index in [0.29, 0.717) is 6.04 Å². The van der Waals surface area contributed by atoms with Crippen molar-refractivity contribution in [3.05, 3.63) is 0 Å². The van der Waals surface area contributed by atoms with Gasteiger partial charge < -0.3 is 15.0 Å². The molecule has 0 aromatic heterocycles. The van der Waals surface area contributed by atoms with Crippen LogP contribution in [0.15, 0.2) is 0 Å². The molecule has 0 spiro atoms. The maximum absolute atomic E-state index is 11.6. The van der Waals surface area contributed by atoms with Crippen LogP contribution in [0.4, 0.5) is 4.79 Å². The Morgan fingerprint density at radius 1 is 1.50 bits per heavy atom. The number of hydrogen-bond donors (Lipinski definition) is 1. The first-order valence-electron chi connectivity index (χ1n) is 5.02. The van der Waals surface area contributed by atoms with Crippen molar-refractivity contribution in [1.29, 1.82) is 0 Å². The molecule has 2 atom stereocenters. The van der Waals surface area contributed by atoms with E-state index >= 15 is 0 Å². The molecule has 0 radical (unpaired) electrons. The lowest BCUT2D eigenvalue weighted by atomic mass is 9.99. The van der Waals surface area contributed by atoms with Crippen LogP contribution in [0.2, 0.25) is 0 Å². The molecule has 0 bridgehead atoms. The standard InChI is InChI=1S/C10H20N2O2/c1-7-8(11-5)6-12(7)9(13)14-10(2,3)4/h7-8,11H,6H2,1-5H3. The molecular weight excluding hydrogens is 180 g/mol. The van der Waals surface area contributed by atoms with Crippen LogP contribution in [0.5, 0.6) is 0 Å². The zero-order valence-electron chi connectivity index (χ0n) is 9.63. The Morgan fingerprint density at radius 3 is 2.43 bits per heavy atom. The monoisotopic (exact) mass is 200 g/mol. The maximum atomic E-state index is 11.6. The number of carbonyl (C=O) groups is 1. The fourth-order valence-corrected chi connectivity index (χ4v) is 1.50. The summed E-state index contributed by atoms with van der Waals surface area (Å²) >= 11 is 0. The largest absolute Gasteiger partial charge is 0.444 e. The zero-order chi connectivity index (χ0) is 10.9. The highest BCUT2D eigenvalue weighted by atomic mass is 16.6. The van der Waals surface area contributed by atoms with E-state index < -0.39 is 5.60 Å². The van der Waals surface area contributed by atoms with Gasteiger partial charge in [0.15, 0.2) is 0 Å². The molecule has 4 heteroatoms. The molecular formula is C10H20N2O2. The van der Waals surface area contributed by atoms with Gasteiger partial charge in [0, 0.05) is 18.6 Å². The van der Waals surface area contributed by atoms with E-state index in [1.54, 1.807) is 4.90 Å². The summed E-state index contributed by atoms with van der Waals surface area (Å²) in [5, 5.41) is 3.15. The number of nitrogens with one attached hydrogen (secondary N) is 1. The number of ether oxygens (including phenoxy) is 1. The molecule has 0 saturated carbocycles. The minimum absolute atomic E-state index is 0.212. The van der Waals surface area contributed by atoms with Crippen molar-refractivity contribution in [3.63, 3.8) is 0 Å². The summed E-state index contributed by atoms with van der Waals surface area (Å²) in [6, 6.07) is 0.636. The van der Waals surface area contributed by atoms with Gasteiger partial charge in [-0.2, -0.15) is 0 Å². The molecule has 82 valence electrons. The molecule has 0 aliphatic carbocycles. The van der Waals surface area contributed by atoms with Crippen LogP contribution >= 0.6 is 0 Å². The van der Waals surface area contributed by atoms with E-state index in [-0.39, 0.29) is 12.1 Å². The van der Waals surface area contributed by atoms with Crippen LogP contribution in [0.1, 0.15) is 27.7 Å². The van der Waals surface area contributed by atoms with Gasteiger partial charge in [-0.05, 0) is 34.7 Å². The molecule has 1 fully saturated rings. The molecule has 1 N–H and O–H groups in total. The summed E-state index contributed by atoms with van der Waals surface area (Å²) in [7, 11) is 1.91. The van der Waals surface area contributed by atoms with Crippen LogP contribution in [0.3, 0.4) is 0 Å². The fourth-order valence-electron chi connectivity index (χ4n) is 1.50. The summed E-state index contributed by atoms with van der Waals surface area (Å²) in [5.74, 6) is 0. The van der Waals surface area contributed by atoms with Crippen molar-refractivity contribution >= 4 is 6.09 Å². The van der Waals surface area contributed by atoms with Gasteiger partial charge in [-0.1, -0.05) is 0 Å². The van der Waals surface area contributed by atoms with E-state index in [9.17, 15) is 4.79 Å². The van der Waals surface area contributed by atoms with Crippen LogP contribution in [0, 0.1) is 0 Å². The SMILES string of the molecule is CNC1CN(C(=O)OC(C)(C)C)C1C. The minimum Gasteiger partial charge on any atom is -0.444 e. The molecule has 0 aromatic carbocycles. The first-order chi connectivity index (χ1) is 6.35. The number of carbonyl (C=O) groups excluding carboxylic acids is 1. The molecule has 1 saturated heterocycles. The van der Waals surface area contributed by atoms with Crippen LogP contribution in [-0.2, 0) is 4.74 Å². The van der Waals surface area contributed by atoms with Gasteiger partial charge in [-0.15, -0.1) is 0 Å². The van der Waals surface area contributed by atoms with Crippen LogP contribution < -0.4 is 5.32 Å². The molecule has 0 aromatic rings. The van der Waals surface area contributed by atoms with Gasteiger partial charge in [-0.3, -0.25) is 0 Å². The smallest absolute Gasteiger partial charge is 0.410 e. The van der Waals surface area contributed by atoms with E-state index in [4.69, 9.17) is 4.74 Å². The normalized spacial score (nSPS) is 27.1. The van der Waals surface area contributed by atoms with Gasteiger partial charge in [0.25, 0.3) is 0 Å². The summed E-state index contributed by atoms with van der Waals surface area (Å²) in [6.45, 7) is 8.40. The van der Waals surface area contributed by atoms with E-state index in [1.807, 2.05) is 34.7 Å². The first kappa shape index (κ1) is 11.3. The lowest BCUT2D eigenvalue weighted by molar-refractivity contribution is -0.0131. The van der Waals surface area contributed by atoms with Crippen molar-refractivity contribution in [2.45, 2.75) is 45.4 Å². The van der Waals surface area contributed by atoms with Crippen molar-refractivity contribution in [2.75, 3.05) is 13.6 Å². The second kappa shape index (κ2) is 3.77. The van der Waals surface area contributed by atoms with Crippen molar-refractivity contribution < 1.29 is 9.53 Å². The van der Waals surface area contributed by atoms with E-state index in [1.165, 1.54) is 0 Å². The summed E-state index contributed by atoms with van der Waals surface area (Å²) in [5.41, 5.74) is -0.401. The average molecular weight is 200 g/mol. The maximum Gasteiger partial charge on any atom is 0.410 e. The molecule has 14 heavy (non-hydrogen) atoms. The van der Waals surface area contributed by atoms with Crippen molar-refractivity contribution in [2.24, 2.45) is 0 Å². The van der Waals surface area contributed by atoms with Crippen molar-refractivity contribution in [1.82, 2.24) is 10.2 Å². The van der Waals surface area contributed by atoms with Gasteiger partial charge in [0.05, 0.1) is 0 Å². The van der Waals surface area contributed by atoms with Gasteiger partial charge in [0.2, 0.25) is 0 Å². The minimum atomic E-state index is -0.401. The number of amides is 1. The topological polar surface area (TPSA) is 41.6 Å². The van der Waals surface area contributed by atoms with Crippen LogP contribution in [-0.4, -0.2) is 42.3 Å². The third-order valence-corrected chi connectivity index (χ3v) is 2.47. The summed E-state index contributed by atoms with van der Waals surface area (Å²) in [6.07, 6.45) is -0.212. The zero-order valence-corrected chi connectivity index (χ0v) is 9.63. The summed E-state index contributed by atoms with van der Waals surface area (Å²) < 4.78 is 5.26. The number of nitrogens with zero attached hydrogens (tertiary/aromatic N) is 1. The Balaban J connectivity index is 2.42. The van der Waals surface area contributed by atoms with Crippen LogP contribution in [0.25, 0.3) is 0 Å². The highest BCUT2D eigenvalue weighted by Gasteiger charge is 2.39. The lowest BCUT2D eigenvalue weighted by Crippen LogP contribution is -2.65. The third kappa shape index (κ3) is 2.38. The molecule has 1 rings (SSSR count). The molecule has 1 aliphatic rings. The fraction of sp³-hybridized carbons (Fsp3) is 0.900. The Hall–Kier alpha value is -0.770. The Morgan fingerprint density at radius 2 is 2.07 bits per heavy atom. The molecule has 1 heterocycles. The summed E-state index contributed by atoms with van der Waals surface area (Å²) in [4.78, 5) is 13.3. The first-order valence-corrected chi connectivity index (χ1v) is 5.02. The number of hydrogen-bond acceptors (Lipinski definition) is 3. The van der Waals surface area contributed by atoms with E-state index in [0.717, 1.165) is 6.54 Å². The number of rotatable bonds is 1. The second-order valence-electron chi connectivity index (χ2n) is 4.77. The Bertz CT molecular complexity index is 223. The molecule has 4 nitrogen and oxygen atoms in total. The predicted octanol–water partition coefficient (Wildman–Crippen LogP) is 1.21. The number of likely N-dealkylation sites (N-methyl/N-ethyl adjacent to an activating group) is 1. The molecule has 2 unspecified atom stereocenters. The highest BCUT2D eigenvalue weighted by Crippen LogP contribution is 2.20. The Kier molecular flexibility index (Phi) is 3.04. The average Bonchev–Trinajstić information content (AvgIpc) is 1.99. The quantitative estimate of drug-likeness (QED) is 0.692. The highest BCUT2D eigenvalue weighted by molar-refractivity contribution is 5.70. The third-order valence-electron chi connectivity index (χ3n) is 2.47. The van der Waals surface area contributed by atoms with Gasteiger partial charge in [-0.25, -0.2) is 4.79 Å².